The molecule has 8 heteroatoms. The fourth-order valence-electron chi connectivity index (χ4n) is 1.18. The van der Waals surface area contributed by atoms with Crippen LogP contribution in [0.1, 0.15) is 19.8 Å². The number of sulfonamides is 1. The van der Waals surface area contributed by atoms with E-state index in [0.717, 1.165) is 24.4 Å². The minimum Gasteiger partial charge on any atom is -0.229 e. The zero-order valence-corrected chi connectivity index (χ0v) is 13.4. The zero-order chi connectivity index (χ0) is 13.5. The highest BCUT2D eigenvalue weighted by Gasteiger charge is 2.16. The topological polar surface area (TPSA) is 80.3 Å². The molecule has 0 aliphatic rings. The third-order valence-electron chi connectivity index (χ3n) is 2.41. The normalized spacial score (nSPS) is 14.8. The van der Waals surface area contributed by atoms with Gasteiger partial charge < -0.3 is 0 Å². The molecule has 0 aliphatic carbocycles. The molecule has 104 valence electrons. The zero-order valence-electron chi connectivity index (χ0n) is 10.1. The van der Waals surface area contributed by atoms with E-state index >= 15 is 0 Å². The summed E-state index contributed by atoms with van der Waals surface area (Å²) in [5.74, 6) is -0.420. The summed E-state index contributed by atoms with van der Waals surface area (Å²) in [5.41, 5.74) is 0. The van der Waals surface area contributed by atoms with Crippen LogP contribution in [0.3, 0.4) is 0 Å². The Balaban J connectivity index is 4.18. The smallest absolute Gasteiger partial charge is 0.212 e. The van der Waals surface area contributed by atoms with Crippen LogP contribution < -0.4 is 4.72 Å². The van der Waals surface area contributed by atoms with Crippen LogP contribution in [0.2, 0.25) is 0 Å². The number of rotatable bonds is 9. The Kier molecular flexibility index (Phi) is 7.86. The second kappa shape index (κ2) is 7.70. The van der Waals surface area contributed by atoms with Gasteiger partial charge in [0.05, 0.1) is 11.5 Å². The predicted octanol–water partition coefficient (Wildman–Crippen LogP) is 0.762. The molecule has 0 saturated heterocycles. The quantitative estimate of drug-likeness (QED) is 0.623. The summed E-state index contributed by atoms with van der Waals surface area (Å²) in [6, 6.07) is 0. The maximum absolute atomic E-state index is 11.5. The Morgan fingerprint density at radius 1 is 1.18 bits per heavy atom. The van der Waals surface area contributed by atoms with Crippen LogP contribution in [0.5, 0.6) is 0 Å². The molecular weight excluding hydrogens is 330 g/mol. The highest BCUT2D eigenvalue weighted by molar-refractivity contribution is 9.09. The number of hydrogen-bond acceptors (Lipinski definition) is 4. The number of halogens is 1. The number of sulfone groups is 1. The average molecular weight is 350 g/mol. The summed E-state index contributed by atoms with van der Waals surface area (Å²) in [6.45, 7) is 2.37. The van der Waals surface area contributed by atoms with Gasteiger partial charge in [0.2, 0.25) is 10.0 Å². The number of hydrogen-bond donors (Lipinski definition) is 1. The minimum absolute atomic E-state index is 0.280. The lowest BCUT2D eigenvalue weighted by molar-refractivity contribution is 0.483. The standard InChI is InChI=1S/C9H20BrNO4S2/c1-3-9(4-5-10)8-11-17(14,15)7-6-16(2,12)13/h9,11H,3-8H2,1-2H3. The molecule has 0 bridgehead atoms. The maximum atomic E-state index is 11.5. The van der Waals surface area contributed by atoms with E-state index in [9.17, 15) is 16.8 Å². The van der Waals surface area contributed by atoms with Gasteiger partial charge in [-0.2, -0.15) is 0 Å². The lowest BCUT2D eigenvalue weighted by Crippen LogP contribution is -2.33. The van der Waals surface area contributed by atoms with Crippen LogP contribution in [0.25, 0.3) is 0 Å². The Bertz CT molecular complexity index is 405. The van der Waals surface area contributed by atoms with Gasteiger partial charge in [-0.25, -0.2) is 21.6 Å². The van der Waals surface area contributed by atoms with Crippen LogP contribution in [0.4, 0.5) is 0 Å². The van der Waals surface area contributed by atoms with E-state index in [1.165, 1.54) is 0 Å². The molecule has 0 aromatic carbocycles. The SMILES string of the molecule is CCC(CCBr)CNS(=O)(=O)CCS(C)(=O)=O. The van der Waals surface area contributed by atoms with Gasteiger partial charge in [0.1, 0.15) is 9.84 Å². The van der Waals surface area contributed by atoms with Crippen LogP contribution in [0, 0.1) is 5.92 Å². The summed E-state index contributed by atoms with van der Waals surface area (Å²) in [6.07, 6.45) is 2.81. The van der Waals surface area contributed by atoms with Crippen LogP contribution in [-0.2, 0) is 19.9 Å². The molecule has 0 spiro atoms. The second-order valence-electron chi connectivity index (χ2n) is 4.05. The molecule has 0 aromatic rings. The summed E-state index contributed by atoms with van der Waals surface area (Å²) in [7, 11) is -6.72. The minimum atomic E-state index is -3.48. The molecule has 0 rings (SSSR count). The van der Waals surface area contributed by atoms with Crippen molar-refractivity contribution in [3.63, 3.8) is 0 Å². The van der Waals surface area contributed by atoms with E-state index in [2.05, 4.69) is 20.7 Å². The first-order valence-electron chi connectivity index (χ1n) is 5.41. The molecule has 0 heterocycles. The molecule has 0 aromatic heterocycles. The summed E-state index contributed by atoms with van der Waals surface area (Å²) in [5, 5.41) is 0.830. The molecule has 0 aliphatic heterocycles. The van der Waals surface area contributed by atoms with E-state index in [4.69, 9.17) is 0 Å². The third kappa shape index (κ3) is 9.99. The number of alkyl halides is 1. The molecule has 1 atom stereocenters. The van der Waals surface area contributed by atoms with Crippen LogP contribution >= 0.6 is 15.9 Å². The van der Waals surface area contributed by atoms with Gasteiger partial charge in [-0.15, -0.1) is 0 Å². The maximum Gasteiger partial charge on any atom is 0.212 e. The average Bonchev–Trinajstić information content (AvgIpc) is 2.21. The fourth-order valence-corrected chi connectivity index (χ4v) is 4.55. The second-order valence-corrected chi connectivity index (χ2v) is 9.03. The molecular formula is C9H20BrNO4S2. The van der Waals surface area contributed by atoms with E-state index < -0.39 is 19.9 Å². The van der Waals surface area contributed by atoms with Gasteiger partial charge in [-0.1, -0.05) is 29.3 Å². The molecule has 17 heavy (non-hydrogen) atoms. The first kappa shape index (κ1) is 17.3. The van der Waals surface area contributed by atoms with Crippen molar-refractivity contribution in [1.29, 1.82) is 0 Å². The Morgan fingerprint density at radius 2 is 1.76 bits per heavy atom. The van der Waals surface area contributed by atoms with Crippen molar-refractivity contribution in [2.75, 3.05) is 29.6 Å². The van der Waals surface area contributed by atoms with Crippen molar-refractivity contribution in [1.82, 2.24) is 4.72 Å². The Morgan fingerprint density at radius 3 is 2.18 bits per heavy atom. The fraction of sp³-hybridized carbons (Fsp3) is 1.00. The van der Waals surface area contributed by atoms with E-state index in [1.54, 1.807) is 0 Å². The molecule has 0 amide bonds. The lowest BCUT2D eigenvalue weighted by Gasteiger charge is -2.14. The van der Waals surface area contributed by atoms with Crippen molar-refractivity contribution in [3.05, 3.63) is 0 Å². The summed E-state index contributed by atoms with van der Waals surface area (Å²) < 4.78 is 47.2. The van der Waals surface area contributed by atoms with Crippen LogP contribution in [-0.4, -0.2) is 46.5 Å². The van der Waals surface area contributed by atoms with E-state index in [-0.39, 0.29) is 17.4 Å². The highest BCUT2D eigenvalue weighted by Crippen LogP contribution is 2.09. The predicted molar refractivity (Wildman–Crippen MR) is 73.7 cm³/mol. The van der Waals surface area contributed by atoms with Crippen LogP contribution in [0.15, 0.2) is 0 Å². The first-order chi connectivity index (χ1) is 7.70. The third-order valence-corrected chi connectivity index (χ3v) is 5.42. The summed E-state index contributed by atoms with van der Waals surface area (Å²) >= 11 is 3.31. The molecule has 5 nitrogen and oxygen atoms in total. The van der Waals surface area contributed by atoms with Gasteiger partial charge in [0, 0.05) is 18.1 Å². The van der Waals surface area contributed by atoms with E-state index in [1.807, 2.05) is 6.92 Å². The Hall–Kier alpha value is 0.340. The molecule has 1 N–H and O–H groups in total. The van der Waals surface area contributed by atoms with E-state index in [0.29, 0.717) is 6.54 Å². The lowest BCUT2D eigenvalue weighted by atomic mass is 10.0. The summed E-state index contributed by atoms with van der Waals surface area (Å²) in [4.78, 5) is 0. The van der Waals surface area contributed by atoms with Crippen molar-refractivity contribution in [2.24, 2.45) is 5.92 Å². The van der Waals surface area contributed by atoms with Gasteiger partial charge >= 0.3 is 0 Å². The molecule has 1 unspecified atom stereocenters. The largest absolute Gasteiger partial charge is 0.229 e. The highest BCUT2D eigenvalue weighted by atomic mass is 79.9. The van der Waals surface area contributed by atoms with Crippen molar-refractivity contribution in [3.8, 4) is 0 Å². The molecule has 0 saturated carbocycles. The van der Waals surface area contributed by atoms with Gasteiger partial charge in [-0.05, 0) is 12.3 Å². The molecule has 0 radical (unpaired) electrons. The van der Waals surface area contributed by atoms with Gasteiger partial charge in [-0.3, -0.25) is 0 Å². The molecule has 0 fully saturated rings. The van der Waals surface area contributed by atoms with Crippen molar-refractivity contribution >= 4 is 35.8 Å². The van der Waals surface area contributed by atoms with Gasteiger partial charge in [0.25, 0.3) is 0 Å². The monoisotopic (exact) mass is 349 g/mol. The number of nitrogens with one attached hydrogen (secondary N) is 1. The van der Waals surface area contributed by atoms with Crippen molar-refractivity contribution in [2.45, 2.75) is 19.8 Å². The Labute approximate surface area is 112 Å². The van der Waals surface area contributed by atoms with Crippen molar-refractivity contribution < 1.29 is 16.8 Å². The first-order valence-corrected chi connectivity index (χ1v) is 10.2. The van der Waals surface area contributed by atoms with Gasteiger partial charge in [0.15, 0.2) is 0 Å².